The fourth-order valence-corrected chi connectivity index (χ4v) is 1.78. The number of rotatable bonds is 2. The maximum Gasteiger partial charge on any atom is 0.0656 e. The molecule has 2 heteroatoms. The predicted octanol–water partition coefficient (Wildman–Crippen LogP) is 1.68. The Morgan fingerprint density at radius 3 is 3.00 bits per heavy atom. The molecule has 1 saturated carbocycles. The summed E-state index contributed by atoms with van der Waals surface area (Å²) in [7, 11) is 0. The van der Waals surface area contributed by atoms with E-state index >= 15 is 0 Å². The lowest BCUT2D eigenvalue weighted by molar-refractivity contribution is 0.332. The second-order valence-corrected chi connectivity index (χ2v) is 3.25. The van der Waals surface area contributed by atoms with Crippen LogP contribution in [-0.2, 0) is 0 Å². The standard InChI is InChI=1S/C9H16N2/c1-2-11-9-5-3-4-8(6-9)7-10/h8-9,11H,2-6H2,1H3. The lowest BCUT2D eigenvalue weighted by Crippen LogP contribution is -2.33. The molecule has 0 saturated heterocycles. The summed E-state index contributed by atoms with van der Waals surface area (Å²) in [4.78, 5) is 0. The van der Waals surface area contributed by atoms with Gasteiger partial charge in [-0.3, -0.25) is 0 Å². The molecule has 2 atom stereocenters. The van der Waals surface area contributed by atoms with Crippen LogP contribution in [0.15, 0.2) is 0 Å². The van der Waals surface area contributed by atoms with Gasteiger partial charge in [-0.25, -0.2) is 0 Å². The fraction of sp³-hybridized carbons (Fsp3) is 0.889. The molecule has 1 N–H and O–H groups in total. The van der Waals surface area contributed by atoms with Gasteiger partial charge in [0.2, 0.25) is 0 Å². The number of hydrogen-bond donors (Lipinski definition) is 1. The zero-order valence-corrected chi connectivity index (χ0v) is 7.14. The summed E-state index contributed by atoms with van der Waals surface area (Å²) < 4.78 is 0. The quantitative estimate of drug-likeness (QED) is 0.653. The van der Waals surface area contributed by atoms with Crippen LogP contribution in [0.25, 0.3) is 0 Å². The van der Waals surface area contributed by atoms with Crippen LogP contribution in [-0.4, -0.2) is 12.6 Å². The summed E-state index contributed by atoms with van der Waals surface area (Å²) in [5.41, 5.74) is 0. The van der Waals surface area contributed by atoms with Gasteiger partial charge in [0.05, 0.1) is 6.07 Å². The average Bonchev–Trinajstić information content (AvgIpc) is 2.06. The van der Waals surface area contributed by atoms with E-state index < -0.39 is 0 Å². The van der Waals surface area contributed by atoms with Gasteiger partial charge < -0.3 is 5.32 Å². The molecule has 62 valence electrons. The molecule has 2 unspecified atom stereocenters. The first-order chi connectivity index (χ1) is 5.36. The molecule has 0 aliphatic heterocycles. The molecule has 0 aromatic rings. The Bertz CT molecular complexity index is 146. The highest BCUT2D eigenvalue weighted by Gasteiger charge is 2.20. The molecule has 0 spiro atoms. The minimum Gasteiger partial charge on any atom is -0.314 e. The first kappa shape index (κ1) is 8.55. The Morgan fingerprint density at radius 1 is 1.55 bits per heavy atom. The zero-order chi connectivity index (χ0) is 8.10. The molecule has 0 aromatic carbocycles. The van der Waals surface area contributed by atoms with Crippen LogP contribution in [0.4, 0.5) is 0 Å². The van der Waals surface area contributed by atoms with E-state index in [-0.39, 0.29) is 0 Å². The maximum absolute atomic E-state index is 8.70. The first-order valence-corrected chi connectivity index (χ1v) is 4.49. The normalized spacial score (nSPS) is 31.3. The molecule has 1 fully saturated rings. The minimum atomic E-state index is 0.313. The van der Waals surface area contributed by atoms with Gasteiger partial charge in [0.1, 0.15) is 0 Å². The van der Waals surface area contributed by atoms with Gasteiger partial charge >= 0.3 is 0 Å². The number of nitrogens with zero attached hydrogens (tertiary/aromatic N) is 1. The van der Waals surface area contributed by atoms with Crippen LogP contribution in [0.1, 0.15) is 32.6 Å². The highest BCUT2D eigenvalue weighted by Crippen LogP contribution is 2.23. The molecule has 0 aromatic heterocycles. The Kier molecular flexibility index (Phi) is 3.38. The van der Waals surface area contributed by atoms with Gasteiger partial charge in [0.25, 0.3) is 0 Å². The maximum atomic E-state index is 8.70. The van der Waals surface area contributed by atoms with Crippen molar-refractivity contribution < 1.29 is 0 Å². The highest BCUT2D eigenvalue weighted by molar-refractivity contribution is 4.89. The third-order valence-electron chi connectivity index (χ3n) is 2.35. The van der Waals surface area contributed by atoms with Crippen molar-refractivity contribution in [1.82, 2.24) is 5.32 Å². The van der Waals surface area contributed by atoms with E-state index in [9.17, 15) is 0 Å². The van der Waals surface area contributed by atoms with Gasteiger partial charge in [-0.2, -0.15) is 5.26 Å². The van der Waals surface area contributed by atoms with E-state index in [1.165, 1.54) is 12.8 Å². The van der Waals surface area contributed by atoms with Gasteiger partial charge in [-0.15, -0.1) is 0 Å². The summed E-state index contributed by atoms with van der Waals surface area (Å²) in [6.45, 7) is 3.15. The lowest BCUT2D eigenvalue weighted by atomic mass is 9.87. The average molecular weight is 152 g/mol. The second kappa shape index (κ2) is 4.35. The summed E-state index contributed by atoms with van der Waals surface area (Å²) in [5, 5.41) is 12.1. The van der Waals surface area contributed by atoms with E-state index in [2.05, 4.69) is 18.3 Å². The highest BCUT2D eigenvalue weighted by atomic mass is 14.9. The van der Waals surface area contributed by atoms with E-state index in [1.54, 1.807) is 0 Å². The van der Waals surface area contributed by atoms with E-state index in [0.717, 1.165) is 19.4 Å². The lowest BCUT2D eigenvalue weighted by Gasteiger charge is -2.25. The molecule has 11 heavy (non-hydrogen) atoms. The Morgan fingerprint density at radius 2 is 2.36 bits per heavy atom. The van der Waals surface area contributed by atoms with E-state index in [1.807, 2.05) is 0 Å². The van der Waals surface area contributed by atoms with Crippen LogP contribution in [0.5, 0.6) is 0 Å². The van der Waals surface area contributed by atoms with Gasteiger partial charge in [0.15, 0.2) is 0 Å². The monoisotopic (exact) mass is 152 g/mol. The van der Waals surface area contributed by atoms with Crippen LogP contribution in [0.3, 0.4) is 0 Å². The van der Waals surface area contributed by atoms with E-state index in [0.29, 0.717) is 12.0 Å². The summed E-state index contributed by atoms with van der Waals surface area (Å²) in [6, 6.07) is 2.96. The topological polar surface area (TPSA) is 35.8 Å². The smallest absolute Gasteiger partial charge is 0.0656 e. The SMILES string of the molecule is CCNC1CCCC(C#N)C1. The van der Waals surface area contributed by atoms with Crippen molar-refractivity contribution in [3.63, 3.8) is 0 Å². The van der Waals surface area contributed by atoms with Crippen molar-refractivity contribution in [3.05, 3.63) is 0 Å². The molecule has 0 heterocycles. The van der Waals surface area contributed by atoms with Gasteiger partial charge in [-0.1, -0.05) is 13.3 Å². The fourth-order valence-electron chi connectivity index (χ4n) is 1.78. The number of nitrogens with one attached hydrogen (secondary N) is 1. The van der Waals surface area contributed by atoms with Crippen molar-refractivity contribution in [2.24, 2.45) is 5.92 Å². The third-order valence-corrected chi connectivity index (χ3v) is 2.35. The number of hydrogen-bond acceptors (Lipinski definition) is 2. The van der Waals surface area contributed by atoms with Gasteiger partial charge in [0, 0.05) is 12.0 Å². The molecule has 0 bridgehead atoms. The number of nitriles is 1. The molecule has 0 radical (unpaired) electrons. The third kappa shape index (κ3) is 2.51. The second-order valence-electron chi connectivity index (χ2n) is 3.25. The van der Waals surface area contributed by atoms with Crippen LogP contribution >= 0.6 is 0 Å². The van der Waals surface area contributed by atoms with Crippen LogP contribution in [0, 0.1) is 17.2 Å². The summed E-state index contributed by atoms with van der Waals surface area (Å²) in [6.07, 6.45) is 4.64. The zero-order valence-electron chi connectivity index (χ0n) is 7.14. The summed E-state index contributed by atoms with van der Waals surface area (Å²) >= 11 is 0. The van der Waals surface area contributed by atoms with Crippen molar-refractivity contribution in [1.29, 1.82) is 5.26 Å². The molecule has 1 aliphatic rings. The van der Waals surface area contributed by atoms with Crippen molar-refractivity contribution in [3.8, 4) is 6.07 Å². The molecule has 1 rings (SSSR count). The molecule has 1 aliphatic carbocycles. The summed E-state index contributed by atoms with van der Waals surface area (Å²) in [5.74, 6) is 0.313. The Hall–Kier alpha value is -0.550. The minimum absolute atomic E-state index is 0.313. The van der Waals surface area contributed by atoms with Crippen molar-refractivity contribution in [2.45, 2.75) is 38.6 Å². The molecule has 2 nitrogen and oxygen atoms in total. The Balaban J connectivity index is 2.29. The first-order valence-electron chi connectivity index (χ1n) is 4.49. The molecular weight excluding hydrogens is 136 g/mol. The van der Waals surface area contributed by atoms with E-state index in [4.69, 9.17) is 5.26 Å². The van der Waals surface area contributed by atoms with Crippen molar-refractivity contribution in [2.75, 3.05) is 6.54 Å². The Labute approximate surface area is 68.6 Å². The molecular formula is C9H16N2. The largest absolute Gasteiger partial charge is 0.314 e. The predicted molar refractivity (Wildman–Crippen MR) is 45.0 cm³/mol. The van der Waals surface area contributed by atoms with Crippen molar-refractivity contribution >= 4 is 0 Å². The molecule has 0 amide bonds. The van der Waals surface area contributed by atoms with Crippen LogP contribution < -0.4 is 5.32 Å². The van der Waals surface area contributed by atoms with Gasteiger partial charge in [-0.05, 0) is 25.8 Å². The van der Waals surface area contributed by atoms with Crippen LogP contribution in [0.2, 0.25) is 0 Å².